The van der Waals surface area contributed by atoms with Crippen LogP contribution in [-0.4, -0.2) is 21.4 Å². The summed E-state index contributed by atoms with van der Waals surface area (Å²) in [6, 6.07) is 24.6. The molecule has 156 valence electrons. The zero-order chi connectivity index (χ0) is 21.6. The molecule has 0 fully saturated rings. The lowest BCUT2D eigenvalue weighted by molar-refractivity contribution is -0.115. The largest absolute Gasteiger partial charge is 0.457 e. The zero-order valence-electron chi connectivity index (χ0n) is 17.1. The molecule has 1 atom stereocenters. The lowest BCUT2D eigenvalue weighted by Crippen LogP contribution is -2.22. The number of hydrogen-bond acceptors (Lipinski definition) is 6. The molecule has 0 aliphatic rings. The molecule has 6 nitrogen and oxygen atoms in total. The van der Waals surface area contributed by atoms with Crippen LogP contribution in [0.15, 0.2) is 88.5 Å². The van der Waals surface area contributed by atoms with Crippen LogP contribution >= 0.6 is 11.8 Å². The minimum Gasteiger partial charge on any atom is -0.457 e. The summed E-state index contributed by atoms with van der Waals surface area (Å²) in [5, 5.41) is 11.0. The highest BCUT2D eigenvalue weighted by atomic mass is 32.2. The zero-order valence-corrected chi connectivity index (χ0v) is 17.9. The molecule has 31 heavy (non-hydrogen) atoms. The second-order valence-electron chi connectivity index (χ2n) is 6.88. The van der Waals surface area contributed by atoms with Crippen molar-refractivity contribution in [3.63, 3.8) is 0 Å². The van der Waals surface area contributed by atoms with Gasteiger partial charge in [0.1, 0.15) is 11.5 Å². The standard InChI is InChI=1S/C24H21N3O3S/c1-16-8-6-7-11-21(16)23-26-27-24(30-23)31-17(2)22(28)25-18-12-14-20(15-13-18)29-19-9-4-3-5-10-19/h3-15,17H,1-2H3,(H,25,28)/t17-/m1/s1. The maximum Gasteiger partial charge on any atom is 0.277 e. The van der Waals surface area contributed by atoms with Crippen molar-refractivity contribution in [1.82, 2.24) is 10.2 Å². The third-order valence-electron chi connectivity index (χ3n) is 4.53. The topological polar surface area (TPSA) is 77.2 Å². The monoisotopic (exact) mass is 431 g/mol. The molecule has 0 aliphatic heterocycles. The lowest BCUT2D eigenvalue weighted by Gasteiger charge is -2.11. The van der Waals surface area contributed by atoms with Crippen molar-refractivity contribution in [3.8, 4) is 23.0 Å². The Morgan fingerprint density at radius 1 is 0.935 bits per heavy atom. The van der Waals surface area contributed by atoms with Gasteiger partial charge in [-0.3, -0.25) is 4.79 Å². The molecule has 7 heteroatoms. The molecule has 4 rings (SSSR count). The van der Waals surface area contributed by atoms with Crippen molar-refractivity contribution in [2.75, 3.05) is 5.32 Å². The van der Waals surface area contributed by atoms with E-state index in [1.807, 2.05) is 73.7 Å². The molecule has 3 aromatic carbocycles. The first-order valence-electron chi connectivity index (χ1n) is 9.78. The number of hydrogen-bond donors (Lipinski definition) is 1. The summed E-state index contributed by atoms with van der Waals surface area (Å²) in [5.74, 6) is 1.75. The number of nitrogens with zero attached hydrogens (tertiary/aromatic N) is 2. The number of nitrogens with one attached hydrogen (secondary N) is 1. The predicted octanol–water partition coefficient (Wildman–Crippen LogP) is 5.96. The van der Waals surface area contributed by atoms with Gasteiger partial charge in [-0.15, -0.1) is 10.2 Å². The van der Waals surface area contributed by atoms with Crippen molar-refractivity contribution in [2.24, 2.45) is 0 Å². The van der Waals surface area contributed by atoms with Crippen LogP contribution in [0.3, 0.4) is 0 Å². The van der Waals surface area contributed by atoms with E-state index in [9.17, 15) is 4.79 Å². The Hall–Kier alpha value is -3.58. The number of thioether (sulfide) groups is 1. The van der Waals surface area contributed by atoms with E-state index in [4.69, 9.17) is 9.15 Å². The van der Waals surface area contributed by atoms with Crippen molar-refractivity contribution in [1.29, 1.82) is 0 Å². The van der Waals surface area contributed by atoms with E-state index in [0.29, 0.717) is 22.6 Å². The Morgan fingerprint density at radius 2 is 1.61 bits per heavy atom. The number of benzene rings is 3. The van der Waals surface area contributed by atoms with Crippen LogP contribution in [0.1, 0.15) is 12.5 Å². The molecular weight excluding hydrogens is 410 g/mol. The van der Waals surface area contributed by atoms with E-state index in [1.165, 1.54) is 11.8 Å². The van der Waals surface area contributed by atoms with Crippen molar-refractivity contribution in [3.05, 3.63) is 84.4 Å². The highest BCUT2D eigenvalue weighted by molar-refractivity contribution is 8.00. The third kappa shape index (κ3) is 5.32. The van der Waals surface area contributed by atoms with Crippen LogP contribution < -0.4 is 10.1 Å². The van der Waals surface area contributed by atoms with Gasteiger partial charge in [0.05, 0.1) is 5.25 Å². The van der Waals surface area contributed by atoms with Gasteiger partial charge < -0.3 is 14.5 Å². The molecule has 0 saturated heterocycles. The molecule has 0 radical (unpaired) electrons. The first-order chi connectivity index (χ1) is 15.1. The fraction of sp³-hybridized carbons (Fsp3) is 0.125. The number of amides is 1. The summed E-state index contributed by atoms with van der Waals surface area (Å²) in [6.07, 6.45) is 0. The van der Waals surface area contributed by atoms with Gasteiger partial charge in [-0.1, -0.05) is 48.2 Å². The molecule has 0 aliphatic carbocycles. The molecule has 0 bridgehead atoms. The predicted molar refractivity (Wildman–Crippen MR) is 121 cm³/mol. The van der Waals surface area contributed by atoms with Gasteiger partial charge in [0.25, 0.3) is 5.22 Å². The molecule has 0 saturated carbocycles. The number of aryl methyl sites for hydroxylation is 1. The van der Waals surface area contributed by atoms with Crippen molar-refractivity contribution in [2.45, 2.75) is 24.3 Å². The molecule has 1 aromatic heterocycles. The van der Waals surface area contributed by atoms with Gasteiger partial charge >= 0.3 is 0 Å². The minimum absolute atomic E-state index is 0.155. The number of ether oxygens (including phenoxy) is 1. The van der Waals surface area contributed by atoms with Gasteiger partial charge in [-0.25, -0.2) is 0 Å². The van der Waals surface area contributed by atoms with E-state index >= 15 is 0 Å². The smallest absolute Gasteiger partial charge is 0.277 e. The Kier molecular flexibility index (Phi) is 6.33. The summed E-state index contributed by atoms with van der Waals surface area (Å²) in [6.45, 7) is 3.78. The molecule has 4 aromatic rings. The average molecular weight is 432 g/mol. The first-order valence-corrected chi connectivity index (χ1v) is 10.7. The second-order valence-corrected chi connectivity index (χ2v) is 8.17. The number of rotatable bonds is 7. The number of carbonyl (C=O) groups is 1. The van der Waals surface area contributed by atoms with E-state index in [1.54, 1.807) is 19.1 Å². The number of anilines is 1. The van der Waals surface area contributed by atoms with Gasteiger partial charge in [0, 0.05) is 11.3 Å². The summed E-state index contributed by atoms with van der Waals surface area (Å²) in [5.41, 5.74) is 2.62. The lowest BCUT2D eigenvalue weighted by atomic mass is 10.1. The van der Waals surface area contributed by atoms with Crippen LogP contribution in [0.25, 0.3) is 11.5 Å². The van der Waals surface area contributed by atoms with E-state index in [0.717, 1.165) is 16.9 Å². The Balaban J connectivity index is 1.34. The average Bonchev–Trinajstić information content (AvgIpc) is 3.24. The highest BCUT2D eigenvalue weighted by Gasteiger charge is 2.19. The van der Waals surface area contributed by atoms with Crippen LogP contribution in [0.4, 0.5) is 5.69 Å². The fourth-order valence-corrected chi connectivity index (χ4v) is 3.54. The van der Waals surface area contributed by atoms with Gasteiger partial charge in [0.15, 0.2) is 0 Å². The van der Waals surface area contributed by atoms with Gasteiger partial charge in [-0.2, -0.15) is 0 Å². The van der Waals surface area contributed by atoms with Crippen molar-refractivity contribution < 1.29 is 13.9 Å². The van der Waals surface area contributed by atoms with Gasteiger partial charge in [0.2, 0.25) is 11.8 Å². The molecule has 1 heterocycles. The molecule has 0 unspecified atom stereocenters. The number of para-hydroxylation sites is 1. The Labute approximate surface area is 184 Å². The summed E-state index contributed by atoms with van der Waals surface area (Å²) < 4.78 is 11.5. The molecule has 1 N–H and O–H groups in total. The van der Waals surface area contributed by atoms with Crippen LogP contribution in [0, 0.1) is 6.92 Å². The summed E-state index contributed by atoms with van der Waals surface area (Å²) >= 11 is 1.22. The summed E-state index contributed by atoms with van der Waals surface area (Å²) in [4.78, 5) is 12.6. The SMILES string of the molecule is Cc1ccccc1-c1nnc(S[C@H](C)C(=O)Nc2ccc(Oc3ccccc3)cc2)o1. The Morgan fingerprint density at radius 3 is 2.35 bits per heavy atom. The fourth-order valence-electron chi connectivity index (χ4n) is 2.86. The van der Waals surface area contributed by atoms with Gasteiger partial charge in [-0.05, 0) is 61.9 Å². The molecule has 0 spiro atoms. The Bertz CT molecular complexity index is 1160. The van der Waals surface area contributed by atoms with E-state index in [-0.39, 0.29) is 5.91 Å². The van der Waals surface area contributed by atoms with Crippen LogP contribution in [-0.2, 0) is 4.79 Å². The first kappa shape index (κ1) is 20.7. The summed E-state index contributed by atoms with van der Waals surface area (Å²) in [7, 11) is 0. The molecular formula is C24H21N3O3S. The normalized spacial score (nSPS) is 11.7. The second kappa shape index (κ2) is 9.49. The molecule has 1 amide bonds. The number of aromatic nitrogens is 2. The quantitative estimate of drug-likeness (QED) is 0.364. The van der Waals surface area contributed by atoms with Crippen molar-refractivity contribution >= 4 is 23.4 Å². The van der Waals surface area contributed by atoms with Crippen LogP contribution in [0.5, 0.6) is 11.5 Å². The van der Waals surface area contributed by atoms with E-state index in [2.05, 4.69) is 15.5 Å². The van der Waals surface area contributed by atoms with E-state index < -0.39 is 5.25 Å². The maximum absolute atomic E-state index is 12.6. The third-order valence-corrected chi connectivity index (χ3v) is 5.46. The highest BCUT2D eigenvalue weighted by Crippen LogP contribution is 2.28. The minimum atomic E-state index is -0.412. The maximum atomic E-state index is 12.6. The van der Waals surface area contributed by atoms with Crippen LogP contribution in [0.2, 0.25) is 0 Å². The number of carbonyl (C=O) groups excluding carboxylic acids is 1.